The van der Waals surface area contributed by atoms with E-state index in [4.69, 9.17) is 17.3 Å². The van der Waals surface area contributed by atoms with Crippen LogP contribution < -0.4 is 11.1 Å². The molecule has 0 aliphatic rings. The van der Waals surface area contributed by atoms with Crippen LogP contribution in [0.3, 0.4) is 0 Å². The summed E-state index contributed by atoms with van der Waals surface area (Å²) in [4.78, 5) is 22.2. The minimum Gasteiger partial charge on any atom is -0.368 e. The van der Waals surface area contributed by atoms with E-state index in [0.717, 1.165) is 6.07 Å². The van der Waals surface area contributed by atoms with Gasteiger partial charge in [0.05, 0.1) is 5.02 Å². The maximum absolute atomic E-state index is 12.8. The second-order valence-corrected chi connectivity index (χ2v) is 3.63. The van der Waals surface area contributed by atoms with Gasteiger partial charge in [-0.15, -0.1) is 0 Å². The molecule has 0 aliphatic carbocycles. The van der Waals surface area contributed by atoms with Gasteiger partial charge in [0.25, 0.3) is 5.91 Å². The molecule has 0 aliphatic heterocycles. The van der Waals surface area contributed by atoms with Crippen molar-refractivity contribution >= 4 is 23.4 Å². The van der Waals surface area contributed by atoms with Crippen molar-refractivity contribution in [1.29, 1.82) is 0 Å². The highest BCUT2D eigenvalue weighted by Crippen LogP contribution is 2.15. The van der Waals surface area contributed by atoms with Crippen molar-refractivity contribution in [3.8, 4) is 0 Å². The Balaban J connectivity index is 2.81. The summed E-state index contributed by atoms with van der Waals surface area (Å²) in [5, 5.41) is 2.19. The summed E-state index contributed by atoms with van der Waals surface area (Å²) >= 11 is 5.51. The average molecular weight is 245 g/mol. The third kappa shape index (κ3) is 2.93. The van der Waals surface area contributed by atoms with Crippen LogP contribution in [-0.4, -0.2) is 17.9 Å². The molecule has 0 bridgehead atoms. The molecule has 0 fully saturated rings. The molecule has 1 atom stereocenters. The topological polar surface area (TPSA) is 72.2 Å². The van der Waals surface area contributed by atoms with Crippen molar-refractivity contribution in [3.63, 3.8) is 0 Å². The minimum atomic E-state index is -0.795. The molecule has 0 radical (unpaired) electrons. The Kier molecular flexibility index (Phi) is 3.84. The van der Waals surface area contributed by atoms with E-state index < -0.39 is 23.7 Å². The largest absolute Gasteiger partial charge is 0.368 e. The third-order valence-electron chi connectivity index (χ3n) is 1.96. The second kappa shape index (κ2) is 4.94. The lowest BCUT2D eigenvalue weighted by Crippen LogP contribution is -2.42. The molecular weight excluding hydrogens is 235 g/mol. The van der Waals surface area contributed by atoms with Crippen molar-refractivity contribution in [3.05, 3.63) is 34.6 Å². The van der Waals surface area contributed by atoms with Crippen molar-refractivity contribution in [2.24, 2.45) is 5.73 Å². The highest BCUT2D eigenvalue weighted by molar-refractivity contribution is 6.31. The Labute approximate surface area is 96.6 Å². The monoisotopic (exact) mass is 244 g/mol. The maximum Gasteiger partial charge on any atom is 0.251 e. The fourth-order valence-electron chi connectivity index (χ4n) is 0.988. The summed E-state index contributed by atoms with van der Waals surface area (Å²) in [6.07, 6.45) is 0. The molecule has 0 heterocycles. The number of carbonyl (C=O) groups is 2. The van der Waals surface area contributed by atoms with E-state index in [1.165, 1.54) is 19.1 Å². The Morgan fingerprint density at radius 1 is 1.50 bits per heavy atom. The molecule has 0 saturated carbocycles. The van der Waals surface area contributed by atoms with Crippen LogP contribution in [0.25, 0.3) is 0 Å². The van der Waals surface area contributed by atoms with Gasteiger partial charge in [-0.1, -0.05) is 11.6 Å². The van der Waals surface area contributed by atoms with E-state index in [0.29, 0.717) is 0 Å². The Morgan fingerprint density at radius 2 is 2.12 bits per heavy atom. The number of primary amides is 1. The summed E-state index contributed by atoms with van der Waals surface area (Å²) in [5.74, 6) is -1.80. The minimum absolute atomic E-state index is 0.153. The zero-order valence-electron chi connectivity index (χ0n) is 8.46. The van der Waals surface area contributed by atoms with Crippen LogP contribution in [0.5, 0.6) is 0 Å². The zero-order chi connectivity index (χ0) is 12.3. The normalized spacial score (nSPS) is 11.9. The van der Waals surface area contributed by atoms with Crippen molar-refractivity contribution in [2.75, 3.05) is 0 Å². The van der Waals surface area contributed by atoms with Gasteiger partial charge in [-0.2, -0.15) is 0 Å². The van der Waals surface area contributed by atoms with E-state index in [-0.39, 0.29) is 10.6 Å². The van der Waals surface area contributed by atoms with Crippen LogP contribution >= 0.6 is 11.6 Å². The van der Waals surface area contributed by atoms with Crippen molar-refractivity contribution in [2.45, 2.75) is 13.0 Å². The molecule has 1 rings (SSSR count). The first-order valence-corrected chi connectivity index (χ1v) is 4.85. The standard InChI is InChI=1S/C10H10ClFN2O2/c1-5(9(13)15)14-10(16)6-2-3-8(12)7(11)4-6/h2-5H,1H3,(H2,13,15)(H,14,16)/t5-/m0/s1. The molecule has 3 N–H and O–H groups in total. The molecule has 1 aromatic carbocycles. The number of halogens is 2. The molecule has 0 saturated heterocycles. The molecule has 0 unspecified atom stereocenters. The van der Waals surface area contributed by atoms with E-state index in [9.17, 15) is 14.0 Å². The molecule has 6 heteroatoms. The predicted octanol–water partition coefficient (Wildman–Crippen LogP) is 1.08. The quantitative estimate of drug-likeness (QED) is 0.835. The molecule has 2 amide bonds. The van der Waals surface area contributed by atoms with E-state index in [1.54, 1.807) is 0 Å². The number of carbonyl (C=O) groups excluding carboxylic acids is 2. The highest BCUT2D eigenvalue weighted by atomic mass is 35.5. The average Bonchev–Trinajstić information content (AvgIpc) is 2.21. The first kappa shape index (κ1) is 12.4. The summed E-state index contributed by atoms with van der Waals surface area (Å²) in [7, 11) is 0. The Morgan fingerprint density at radius 3 is 2.62 bits per heavy atom. The number of nitrogens with one attached hydrogen (secondary N) is 1. The number of hydrogen-bond acceptors (Lipinski definition) is 2. The molecule has 4 nitrogen and oxygen atoms in total. The van der Waals surface area contributed by atoms with Gasteiger partial charge < -0.3 is 11.1 Å². The van der Waals surface area contributed by atoms with Crippen LogP contribution in [0.15, 0.2) is 18.2 Å². The van der Waals surface area contributed by atoms with E-state index in [2.05, 4.69) is 5.32 Å². The summed E-state index contributed by atoms with van der Waals surface area (Å²) in [6.45, 7) is 1.45. The van der Waals surface area contributed by atoms with Crippen LogP contribution in [0.2, 0.25) is 5.02 Å². The van der Waals surface area contributed by atoms with Crippen LogP contribution in [0.4, 0.5) is 4.39 Å². The van der Waals surface area contributed by atoms with Gasteiger partial charge in [0.2, 0.25) is 5.91 Å². The summed E-state index contributed by atoms with van der Waals surface area (Å²) < 4.78 is 12.8. The number of benzene rings is 1. The first-order chi connectivity index (χ1) is 7.41. The van der Waals surface area contributed by atoms with Crippen LogP contribution in [0, 0.1) is 5.82 Å². The smallest absolute Gasteiger partial charge is 0.251 e. The highest BCUT2D eigenvalue weighted by Gasteiger charge is 2.14. The van der Waals surface area contributed by atoms with E-state index in [1.807, 2.05) is 0 Å². The van der Waals surface area contributed by atoms with Gasteiger partial charge in [0, 0.05) is 5.56 Å². The first-order valence-electron chi connectivity index (χ1n) is 4.47. The van der Waals surface area contributed by atoms with Gasteiger partial charge in [0.1, 0.15) is 11.9 Å². The number of rotatable bonds is 3. The Hall–Kier alpha value is -1.62. The zero-order valence-corrected chi connectivity index (χ0v) is 9.22. The molecular formula is C10H10ClFN2O2. The van der Waals surface area contributed by atoms with Crippen molar-refractivity contribution in [1.82, 2.24) is 5.32 Å². The van der Waals surface area contributed by atoms with Crippen molar-refractivity contribution < 1.29 is 14.0 Å². The van der Waals surface area contributed by atoms with Gasteiger partial charge in [-0.25, -0.2) is 4.39 Å². The second-order valence-electron chi connectivity index (χ2n) is 3.23. The lowest BCUT2D eigenvalue weighted by molar-refractivity contribution is -0.119. The summed E-state index contributed by atoms with van der Waals surface area (Å²) in [6, 6.07) is 2.73. The molecule has 0 spiro atoms. The predicted molar refractivity (Wildman–Crippen MR) is 57.5 cm³/mol. The van der Waals surface area contributed by atoms with Crippen LogP contribution in [-0.2, 0) is 4.79 Å². The lowest BCUT2D eigenvalue weighted by Gasteiger charge is -2.10. The fraction of sp³-hybridized carbons (Fsp3) is 0.200. The third-order valence-corrected chi connectivity index (χ3v) is 2.25. The van der Waals surface area contributed by atoms with Gasteiger partial charge in [-0.3, -0.25) is 9.59 Å². The fourth-order valence-corrected chi connectivity index (χ4v) is 1.17. The molecule has 1 aromatic rings. The number of amides is 2. The molecule has 16 heavy (non-hydrogen) atoms. The molecule has 0 aromatic heterocycles. The van der Waals surface area contributed by atoms with E-state index >= 15 is 0 Å². The molecule has 86 valence electrons. The van der Waals surface area contributed by atoms with Gasteiger partial charge in [-0.05, 0) is 25.1 Å². The number of hydrogen-bond donors (Lipinski definition) is 2. The maximum atomic E-state index is 12.8. The summed E-state index contributed by atoms with van der Waals surface area (Å²) in [5.41, 5.74) is 5.14. The van der Waals surface area contributed by atoms with Crippen LogP contribution in [0.1, 0.15) is 17.3 Å². The lowest BCUT2D eigenvalue weighted by atomic mass is 10.2. The number of nitrogens with two attached hydrogens (primary N) is 1. The van der Waals surface area contributed by atoms with Gasteiger partial charge >= 0.3 is 0 Å². The Bertz CT molecular complexity index is 437. The van der Waals surface area contributed by atoms with Gasteiger partial charge in [0.15, 0.2) is 0 Å². The SMILES string of the molecule is C[C@H](NC(=O)c1ccc(F)c(Cl)c1)C(N)=O.